The predicted octanol–water partition coefficient (Wildman–Crippen LogP) is 4.94. The Labute approximate surface area is 209 Å². The highest BCUT2D eigenvalue weighted by molar-refractivity contribution is 6.31. The van der Waals surface area contributed by atoms with E-state index in [2.05, 4.69) is 5.32 Å². The number of rotatable bonds is 6. The van der Waals surface area contributed by atoms with Crippen molar-refractivity contribution in [3.63, 3.8) is 0 Å². The van der Waals surface area contributed by atoms with Crippen molar-refractivity contribution in [2.75, 3.05) is 12.4 Å². The van der Waals surface area contributed by atoms with E-state index in [1.807, 2.05) is 24.3 Å². The monoisotopic (exact) mass is 492 g/mol. The average molecular weight is 493 g/mol. The smallest absolute Gasteiger partial charge is 0.388 e. The van der Waals surface area contributed by atoms with Gasteiger partial charge in [-0.25, -0.2) is 4.79 Å². The van der Waals surface area contributed by atoms with Crippen LogP contribution in [0.1, 0.15) is 41.6 Å². The third-order valence-corrected chi connectivity index (χ3v) is 6.64. The summed E-state index contributed by atoms with van der Waals surface area (Å²) in [4.78, 5) is 40.3. The fourth-order valence-electron chi connectivity index (χ4n) is 4.47. The molecule has 1 atom stereocenters. The van der Waals surface area contributed by atoms with Crippen LogP contribution in [0.4, 0.5) is 10.5 Å². The van der Waals surface area contributed by atoms with Gasteiger partial charge in [0.2, 0.25) is 0 Å². The zero-order chi connectivity index (χ0) is 24.8. The summed E-state index contributed by atoms with van der Waals surface area (Å²) in [5.41, 5.74) is 0.534. The third kappa shape index (κ3) is 5.20. The number of anilines is 1. The van der Waals surface area contributed by atoms with E-state index in [1.54, 1.807) is 66.5 Å². The molecular formula is C27H27ClN3O4+. The van der Waals surface area contributed by atoms with Gasteiger partial charge >= 0.3 is 6.09 Å². The molecule has 4 rings (SSSR count). The van der Waals surface area contributed by atoms with Crippen molar-refractivity contribution in [3.8, 4) is 0 Å². The zero-order valence-electron chi connectivity index (χ0n) is 19.4. The van der Waals surface area contributed by atoms with Gasteiger partial charge in [0, 0.05) is 35.8 Å². The molecule has 2 aromatic carbocycles. The normalized spacial score (nSPS) is 17.5. The van der Waals surface area contributed by atoms with Crippen molar-refractivity contribution in [1.29, 1.82) is 0 Å². The minimum absolute atomic E-state index is 0.0523. The number of nitrogens with one attached hydrogen (secondary N) is 1. The number of carbonyl (C=O) groups excluding carboxylic acids is 3. The van der Waals surface area contributed by atoms with Gasteiger partial charge < -0.3 is 10.1 Å². The molecule has 1 fully saturated rings. The molecule has 7 nitrogen and oxygen atoms in total. The summed E-state index contributed by atoms with van der Waals surface area (Å²) < 4.78 is 7.15. The van der Waals surface area contributed by atoms with Crippen molar-refractivity contribution in [1.82, 2.24) is 4.90 Å². The van der Waals surface area contributed by atoms with Crippen LogP contribution in [0.3, 0.4) is 0 Å². The molecular weight excluding hydrogens is 466 g/mol. The number of hydrogen-bond acceptors (Lipinski definition) is 4. The number of ether oxygens (including phenoxy) is 1. The van der Waals surface area contributed by atoms with Gasteiger partial charge in [0.25, 0.3) is 12.6 Å². The van der Waals surface area contributed by atoms with Crippen LogP contribution >= 0.6 is 11.6 Å². The first-order valence-corrected chi connectivity index (χ1v) is 11.8. The summed E-state index contributed by atoms with van der Waals surface area (Å²) in [7, 11) is 1.57. The Morgan fingerprint density at radius 3 is 2.54 bits per heavy atom. The standard InChI is InChI=1S/C27H26ClN3O4/c1-30(27(16-8-7-15-24(27)32)22-13-5-6-14-23(22)28)26(34)35-19-31-17-9-10-20(18-31)25(33)29-21-11-3-2-4-12-21/h2-6,9-14,17-18H,7-8,15-16,19H2,1H3/p+1. The number of Topliss-reactive ketones (excluding diaryl/α,β-unsaturated/α-hetero) is 1. The van der Waals surface area contributed by atoms with Gasteiger partial charge in [0.05, 0.1) is 0 Å². The van der Waals surface area contributed by atoms with Crippen LogP contribution < -0.4 is 9.88 Å². The molecule has 8 heteroatoms. The number of ketones is 1. The molecule has 180 valence electrons. The van der Waals surface area contributed by atoms with Gasteiger partial charge in [-0.15, -0.1) is 0 Å². The predicted molar refractivity (Wildman–Crippen MR) is 132 cm³/mol. The van der Waals surface area contributed by atoms with Gasteiger partial charge in [0.1, 0.15) is 11.1 Å². The molecule has 0 radical (unpaired) electrons. The number of aromatic nitrogens is 1. The van der Waals surface area contributed by atoms with E-state index in [0.717, 1.165) is 12.8 Å². The Balaban J connectivity index is 1.48. The summed E-state index contributed by atoms with van der Waals surface area (Å²) in [6.07, 6.45) is 5.07. The Bertz CT molecular complexity index is 1230. The maximum Gasteiger partial charge on any atom is 0.415 e. The first-order valence-electron chi connectivity index (χ1n) is 11.5. The molecule has 1 saturated carbocycles. The lowest BCUT2D eigenvalue weighted by Crippen LogP contribution is -2.55. The zero-order valence-corrected chi connectivity index (χ0v) is 20.2. The number of para-hydroxylation sites is 1. The fourth-order valence-corrected chi connectivity index (χ4v) is 4.77. The lowest BCUT2D eigenvalue weighted by atomic mass is 9.74. The van der Waals surface area contributed by atoms with Crippen molar-refractivity contribution in [3.05, 3.63) is 95.3 Å². The molecule has 0 aliphatic heterocycles. The summed E-state index contributed by atoms with van der Waals surface area (Å²) in [6, 6.07) is 19.6. The van der Waals surface area contributed by atoms with E-state index >= 15 is 0 Å². The molecule has 0 bridgehead atoms. The highest BCUT2D eigenvalue weighted by Gasteiger charge is 2.48. The lowest BCUT2D eigenvalue weighted by Gasteiger charge is -2.43. The Morgan fingerprint density at radius 1 is 1.06 bits per heavy atom. The Hall–Kier alpha value is -3.71. The first-order chi connectivity index (χ1) is 16.9. The van der Waals surface area contributed by atoms with Crippen LogP contribution in [0.5, 0.6) is 0 Å². The number of hydrogen-bond donors (Lipinski definition) is 1. The molecule has 0 spiro atoms. The van der Waals surface area contributed by atoms with E-state index in [1.165, 1.54) is 4.90 Å². The molecule has 0 saturated heterocycles. The number of carbonyl (C=O) groups is 3. The molecule has 2 amide bonds. The average Bonchev–Trinajstić information content (AvgIpc) is 2.88. The van der Waals surface area contributed by atoms with Crippen LogP contribution in [0.15, 0.2) is 79.1 Å². The van der Waals surface area contributed by atoms with Crippen molar-refractivity contribution in [2.24, 2.45) is 0 Å². The molecule has 1 heterocycles. The topological polar surface area (TPSA) is 79.6 Å². The largest absolute Gasteiger partial charge is 0.415 e. The summed E-state index contributed by atoms with van der Waals surface area (Å²) >= 11 is 6.47. The van der Waals surface area contributed by atoms with Crippen LogP contribution in [-0.4, -0.2) is 29.7 Å². The minimum Gasteiger partial charge on any atom is -0.388 e. The molecule has 1 unspecified atom stereocenters. The lowest BCUT2D eigenvalue weighted by molar-refractivity contribution is -0.727. The van der Waals surface area contributed by atoms with E-state index < -0.39 is 11.6 Å². The van der Waals surface area contributed by atoms with Crippen LogP contribution in [0.25, 0.3) is 0 Å². The molecule has 1 N–H and O–H groups in total. The molecule has 1 aliphatic carbocycles. The van der Waals surface area contributed by atoms with Gasteiger partial charge in [-0.05, 0) is 43.5 Å². The number of nitrogens with zero attached hydrogens (tertiary/aromatic N) is 2. The molecule has 1 aliphatic rings. The van der Waals surface area contributed by atoms with E-state index in [0.29, 0.717) is 34.7 Å². The van der Waals surface area contributed by atoms with Crippen molar-refractivity contribution < 1.29 is 23.7 Å². The quantitative estimate of drug-likeness (QED) is 0.494. The van der Waals surface area contributed by atoms with Gasteiger partial charge in [-0.2, -0.15) is 4.57 Å². The third-order valence-electron chi connectivity index (χ3n) is 6.31. The summed E-state index contributed by atoms with van der Waals surface area (Å²) in [6.45, 7) is -0.123. The number of likely N-dealkylation sites (N-methyl/N-ethyl adjacent to an activating group) is 1. The SMILES string of the molecule is CN(C(=O)OC[n+]1cccc(C(=O)Nc2ccccc2)c1)C1(c2ccccc2Cl)CCCCC1=O. The second kappa shape index (κ2) is 10.7. The van der Waals surface area contributed by atoms with Gasteiger partial charge in [-0.1, -0.05) is 48.0 Å². The van der Waals surface area contributed by atoms with Crippen molar-refractivity contribution in [2.45, 2.75) is 38.0 Å². The molecule has 35 heavy (non-hydrogen) atoms. The Morgan fingerprint density at radius 2 is 1.80 bits per heavy atom. The fraction of sp³-hybridized carbons (Fsp3) is 0.259. The van der Waals surface area contributed by atoms with Crippen molar-refractivity contribution >= 4 is 35.1 Å². The summed E-state index contributed by atoms with van der Waals surface area (Å²) in [5.74, 6) is -0.331. The first kappa shape index (κ1) is 24.4. The number of amides is 2. The second-order valence-corrected chi connectivity index (χ2v) is 8.90. The second-order valence-electron chi connectivity index (χ2n) is 8.50. The van der Waals surface area contributed by atoms with Crippen LogP contribution in [0, 0.1) is 0 Å². The Kier molecular flexibility index (Phi) is 7.46. The number of benzene rings is 2. The molecule has 3 aromatic rings. The number of pyridine rings is 1. The minimum atomic E-state index is -1.17. The van der Waals surface area contributed by atoms with E-state index in [9.17, 15) is 14.4 Å². The van der Waals surface area contributed by atoms with Crippen LogP contribution in [0.2, 0.25) is 5.02 Å². The van der Waals surface area contributed by atoms with E-state index in [4.69, 9.17) is 16.3 Å². The molecule has 1 aromatic heterocycles. The maximum atomic E-state index is 13.2. The highest BCUT2D eigenvalue weighted by atomic mass is 35.5. The van der Waals surface area contributed by atoms with E-state index in [-0.39, 0.29) is 18.4 Å². The maximum absolute atomic E-state index is 13.2. The summed E-state index contributed by atoms with van der Waals surface area (Å²) in [5, 5.41) is 3.27. The van der Waals surface area contributed by atoms with Crippen LogP contribution in [-0.2, 0) is 21.8 Å². The van der Waals surface area contributed by atoms with Gasteiger partial charge in [0.15, 0.2) is 18.2 Å². The highest BCUT2D eigenvalue weighted by Crippen LogP contribution is 2.42. The number of halogens is 1. The van der Waals surface area contributed by atoms with Gasteiger partial charge in [-0.3, -0.25) is 14.5 Å².